The van der Waals surface area contributed by atoms with Gasteiger partial charge < -0.3 is 14.5 Å². The lowest BCUT2D eigenvalue weighted by molar-refractivity contribution is 0.0322. The van der Waals surface area contributed by atoms with Crippen molar-refractivity contribution >= 4 is 11.6 Å². The summed E-state index contributed by atoms with van der Waals surface area (Å²) in [5.41, 5.74) is 0.563. The summed E-state index contributed by atoms with van der Waals surface area (Å²) in [5, 5.41) is 0. The Balaban J connectivity index is 1.80. The Morgan fingerprint density at radius 2 is 2.22 bits per heavy atom. The van der Waals surface area contributed by atoms with Crippen LogP contribution >= 0.6 is 11.6 Å². The largest absolute Gasteiger partial charge is 0.487 e. The second kappa shape index (κ2) is 6.78. The van der Waals surface area contributed by atoms with Gasteiger partial charge in [0.2, 0.25) is 5.43 Å². The van der Waals surface area contributed by atoms with Crippen LogP contribution in [-0.4, -0.2) is 49.3 Å². The van der Waals surface area contributed by atoms with Crippen LogP contribution in [0.3, 0.4) is 0 Å². The summed E-state index contributed by atoms with van der Waals surface area (Å²) < 4.78 is 10.7. The van der Waals surface area contributed by atoms with Crippen molar-refractivity contribution in [1.29, 1.82) is 0 Å². The average molecular weight is 273 g/mol. The second-order valence-electron chi connectivity index (χ2n) is 4.12. The molecular weight excluding hydrogens is 256 g/mol. The van der Waals surface area contributed by atoms with E-state index >= 15 is 0 Å². The first-order valence-electron chi connectivity index (χ1n) is 6.00. The monoisotopic (exact) mass is 272 g/mol. The first-order chi connectivity index (χ1) is 8.79. The summed E-state index contributed by atoms with van der Waals surface area (Å²) in [6.45, 7) is 4.69. The summed E-state index contributed by atoms with van der Waals surface area (Å²) in [5.74, 6) is 0.639. The van der Waals surface area contributed by atoms with Crippen LogP contribution in [0.4, 0.5) is 0 Å². The lowest BCUT2D eigenvalue weighted by atomic mass is 10.3. The van der Waals surface area contributed by atoms with E-state index in [2.05, 4.69) is 9.88 Å². The molecule has 100 valence electrons. The quantitative estimate of drug-likeness (QED) is 0.807. The van der Waals surface area contributed by atoms with Gasteiger partial charge in [0.1, 0.15) is 6.61 Å². The van der Waals surface area contributed by atoms with Gasteiger partial charge in [0.25, 0.3) is 0 Å². The van der Waals surface area contributed by atoms with E-state index < -0.39 is 0 Å². The van der Waals surface area contributed by atoms with Crippen LogP contribution in [0.5, 0.6) is 5.75 Å². The number of aromatic nitrogens is 1. The van der Waals surface area contributed by atoms with Gasteiger partial charge in [0, 0.05) is 37.6 Å². The number of halogens is 1. The molecule has 1 aliphatic rings. The molecule has 0 spiro atoms. The fraction of sp³-hybridized carbons (Fsp3) is 0.583. The molecular formula is C12H17ClN2O3. The zero-order valence-corrected chi connectivity index (χ0v) is 10.9. The minimum absolute atomic E-state index is 0.133. The Morgan fingerprint density at radius 1 is 1.44 bits per heavy atom. The molecule has 2 rings (SSSR count). The van der Waals surface area contributed by atoms with Gasteiger partial charge in [-0.15, -0.1) is 11.6 Å². The molecule has 1 N–H and O–H groups in total. The first kappa shape index (κ1) is 13.4. The number of nitrogens with one attached hydrogen (secondary N) is 1. The number of H-pyrrole nitrogens is 1. The third-order valence-electron chi connectivity index (χ3n) is 2.85. The fourth-order valence-corrected chi connectivity index (χ4v) is 1.95. The summed E-state index contributed by atoms with van der Waals surface area (Å²) >= 11 is 5.63. The molecule has 0 amide bonds. The molecule has 0 aromatic carbocycles. The highest BCUT2D eigenvalue weighted by molar-refractivity contribution is 6.16. The van der Waals surface area contributed by atoms with Gasteiger partial charge in [-0.1, -0.05) is 0 Å². The minimum Gasteiger partial charge on any atom is -0.487 e. The van der Waals surface area contributed by atoms with Gasteiger partial charge in [-0.25, -0.2) is 0 Å². The van der Waals surface area contributed by atoms with Crippen molar-refractivity contribution < 1.29 is 9.47 Å². The van der Waals surface area contributed by atoms with E-state index in [1.807, 2.05) is 0 Å². The number of pyridine rings is 1. The number of morpholine rings is 1. The van der Waals surface area contributed by atoms with Gasteiger partial charge in [-0.05, 0) is 0 Å². The van der Waals surface area contributed by atoms with E-state index in [1.165, 1.54) is 6.07 Å². The number of nitrogens with zero attached hydrogens (tertiary/aromatic N) is 1. The van der Waals surface area contributed by atoms with E-state index in [1.54, 1.807) is 6.20 Å². The van der Waals surface area contributed by atoms with Crippen LogP contribution in [-0.2, 0) is 10.6 Å². The average Bonchev–Trinajstić information content (AvgIpc) is 2.42. The molecule has 5 nitrogen and oxygen atoms in total. The van der Waals surface area contributed by atoms with Crippen LogP contribution in [0.25, 0.3) is 0 Å². The molecule has 1 aliphatic heterocycles. The lowest BCUT2D eigenvalue weighted by Crippen LogP contribution is -2.38. The number of hydrogen-bond donors (Lipinski definition) is 1. The van der Waals surface area contributed by atoms with Crippen molar-refractivity contribution in [2.45, 2.75) is 5.88 Å². The normalized spacial score (nSPS) is 16.7. The summed E-state index contributed by atoms with van der Waals surface area (Å²) in [6, 6.07) is 1.47. The Hall–Kier alpha value is -1.04. The van der Waals surface area contributed by atoms with Gasteiger partial charge in [-0.2, -0.15) is 0 Å². The molecule has 0 saturated carbocycles. The van der Waals surface area contributed by atoms with Crippen LogP contribution in [0.15, 0.2) is 17.1 Å². The molecule has 0 unspecified atom stereocenters. The maximum absolute atomic E-state index is 11.6. The SMILES string of the molecule is O=c1cc(CCl)[nH]cc1OCCN1CCOCC1. The first-order valence-corrected chi connectivity index (χ1v) is 6.53. The van der Waals surface area contributed by atoms with Crippen molar-refractivity contribution in [3.63, 3.8) is 0 Å². The van der Waals surface area contributed by atoms with Crippen LogP contribution in [0.1, 0.15) is 5.69 Å². The molecule has 0 atom stereocenters. The zero-order chi connectivity index (χ0) is 12.8. The fourth-order valence-electron chi connectivity index (χ4n) is 1.80. The van der Waals surface area contributed by atoms with E-state index in [0.717, 1.165) is 32.8 Å². The van der Waals surface area contributed by atoms with Crippen LogP contribution in [0, 0.1) is 0 Å². The Kier molecular flexibility index (Phi) is 5.04. The predicted octanol–water partition coefficient (Wildman–Crippen LogP) is 0.825. The maximum Gasteiger partial charge on any atom is 0.223 e. The van der Waals surface area contributed by atoms with Crippen molar-refractivity contribution in [1.82, 2.24) is 9.88 Å². The topological polar surface area (TPSA) is 54.6 Å². The van der Waals surface area contributed by atoms with Gasteiger partial charge in [-0.3, -0.25) is 9.69 Å². The van der Waals surface area contributed by atoms with Crippen molar-refractivity contribution in [2.75, 3.05) is 39.5 Å². The number of ether oxygens (including phenoxy) is 2. The molecule has 1 aromatic rings. The smallest absolute Gasteiger partial charge is 0.223 e. The molecule has 0 radical (unpaired) electrons. The predicted molar refractivity (Wildman–Crippen MR) is 69.4 cm³/mol. The summed E-state index contributed by atoms with van der Waals surface area (Å²) in [4.78, 5) is 16.8. The Labute approximate surface area is 111 Å². The molecule has 0 aliphatic carbocycles. The Bertz CT molecular complexity index is 430. The molecule has 18 heavy (non-hydrogen) atoms. The second-order valence-corrected chi connectivity index (χ2v) is 4.39. The van der Waals surface area contributed by atoms with Crippen molar-refractivity contribution in [3.8, 4) is 5.75 Å². The highest BCUT2D eigenvalue weighted by Crippen LogP contribution is 2.04. The van der Waals surface area contributed by atoms with Crippen molar-refractivity contribution in [2.24, 2.45) is 0 Å². The van der Waals surface area contributed by atoms with Gasteiger partial charge in [0.15, 0.2) is 5.75 Å². The number of aromatic amines is 1. The standard InChI is InChI=1S/C12H17ClN2O3/c13-8-10-7-11(16)12(9-14-10)18-6-3-15-1-4-17-5-2-15/h7,9H,1-6,8H2,(H,14,16). The maximum atomic E-state index is 11.6. The molecule has 1 saturated heterocycles. The Morgan fingerprint density at radius 3 is 2.89 bits per heavy atom. The zero-order valence-electron chi connectivity index (χ0n) is 10.2. The molecule has 2 heterocycles. The number of hydrogen-bond acceptors (Lipinski definition) is 4. The molecule has 6 heteroatoms. The van der Waals surface area contributed by atoms with Crippen LogP contribution < -0.4 is 10.2 Å². The summed E-state index contributed by atoms with van der Waals surface area (Å²) in [6.07, 6.45) is 1.57. The highest BCUT2D eigenvalue weighted by atomic mass is 35.5. The third kappa shape index (κ3) is 3.73. The number of alkyl halides is 1. The third-order valence-corrected chi connectivity index (χ3v) is 3.14. The van der Waals surface area contributed by atoms with Crippen LogP contribution in [0.2, 0.25) is 0 Å². The minimum atomic E-state index is -0.133. The molecule has 1 aromatic heterocycles. The highest BCUT2D eigenvalue weighted by Gasteiger charge is 2.10. The van der Waals surface area contributed by atoms with E-state index in [-0.39, 0.29) is 5.43 Å². The number of rotatable bonds is 5. The van der Waals surface area contributed by atoms with E-state index in [0.29, 0.717) is 23.9 Å². The lowest BCUT2D eigenvalue weighted by Gasteiger charge is -2.26. The van der Waals surface area contributed by atoms with E-state index in [4.69, 9.17) is 21.1 Å². The summed E-state index contributed by atoms with van der Waals surface area (Å²) in [7, 11) is 0. The molecule has 0 bridgehead atoms. The van der Waals surface area contributed by atoms with Gasteiger partial charge >= 0.3 is 0 Å². The van der Waals surface area contributed by atoms with E-state index in [9.17, 15) is 4.79 Å². The molecule has 1 fully saturated rings. The van der Waals surface area contributed by atoms with Gasteiger partial charge in [0.05, 0.1) is 19.1 Å². The van der Waals surface area contributed by atoms with Crippen molar-refractivity contribution in [3.05, 3.63) is 28.2 Å².